The molecule has 0 spiro atoms. The Kier molecular flexibility index (Phi) is 6.04. The third-order valence-electron chi connectivity index (χ3n) is 4.14. The Morgan fingerprint density at radius 3 is 2.00 bits per heavy atom. The molecule has 0 saturated heterocycles. The number of hydrogen-bond donors (Lipinski definition) is 1. The van der Waals surface area contributed by atoms with Crippen molar-refractivity contribution in [1.82, 2.24) is 5.32 Å². The van der Waals surface area contributed by atoms with Crippen LogP contribution in [0.5, 0.6) is 0 Å². The van der Waals surface area contributed by atoms with Gasteiger partial charge in [-0.25, -0.2) is 0 Å². The highest BCUT2D eigenvalue weighted by Gasteiger charge is 2.38. The van der Waals surface area contributed by atoms with Crippen molar-refractivity contribution in [3.8, 4) is 0 Å². The largest absolute Gasteiger partial charge is 0.471 e. The first-order valence-electron chi connectivity index (χ1n) is 7.40. The second kappa shape index (κ2) is 7.05. The number of nitrogens with one attached hydrogen (secondary N) is 1. The van der Waals surface area contributed by atoms with Crippen LogP contribution in [0.25, 0.3) is 0 Å². The Morgan fingerprint density at radius 1 is 1.09 bits per heavy atom. The molecule has 0 atom stereocenters. The number of carbonyl (C=O) groups is 1. The van der Waals surface area contributed by atoms with Crippen LogP contribution < -0.4 is 5.32 Å². The number of alkyl halides is 3. The van der Waals surface area contributed by atoms with E-state index in [4.69, 9.17) is 4.43 Å². The fourth-order valence-corrected chi connectivity index (χ4v) is 2.48. The molecule has 130 valence electrons. The van der Waals surface area contributed by atoms with E-state index in [2.05, 4.69) is 33.9 Å². The molecule has 0 aliphatic carbocycles. The lowest BCUT2D eigenvalue weighted by Gasteiger charge is -2.36. The summed E-state index contributed by atoms with van der Waals surface area (Å²) < 4.78 is 42.4. The summed E-state index contributed by atoms with van der Waals surface area (Å²) in [5.41, 5.74) is 1.57. The first kappa shape index (κ1) is 19.7. The third-order valence-corrected chi connectivity index (χ3v) is 8.62. The molecule has 1 N–H and O–H groups in total. The molecule has 0 radical (unpaired) electrons. The summed E-state index contributed by atoms with van der Waals surface area (Å²) in [5.74, 6) is -1.93. The summed E-state index contributed by atoms with van der Waals surface area (Å²) in [6, 6.07) is 7.01. The molecule has 0 aliphatic heterocycles. The van der Waals surface area contributed by atoms with Crippen molar-refractivity contribution in [2.24, 2.45) is 0 Å². The molecule has 0 heterocycles. The van der Waals surface area contributed by atoms with Crippen LogP contribution in [0.2, 0.25) is 18.1 Å². The highest BCUT2D eigenvalue weighted by molar-refractivity contribution is 6.74. The average molecular weight is 347 g/mol. The molecule has 0 aliphatic rings. The highest BCUT2D eigenvalue weighted by atomic mass is 28.4. The molecular formula is C16H24F3NO2Si. The fourth-order valence-electron chi connectivity index (χ4n) is 1.52. The predicted molar refractivity (Wildman–Crippen MR) is 86.3 cm³/mol. The number of amides is 1. The maximum Gasteiger partial charge on any atom is 0.471 e. The fraction of sp³-hybridized carbons (Fsp3) is 0.562. The van der Waals surface area contributed by atoms with Crippen molar-refractivity contribution in [3.05, 3.63) is 35.4 Å². The molecule has 0 aromatic heterocycles. The molecule has 1 aromatic rings. The van der Waals surface area contributed by atoms with Gasteiger partial charge in [-0.1, -0.05) is 45.0 Å². The zero-order valence-electron chi connectivity index (χ0n) is 14.2. The minimum Gasteiger partial charge on any atom is -0.413 e. The van der Waals surface area contributed by atoms with Crippen molar-refractivity contribution in [2.75, 3.05) is 0 Å². The first-order chi connectivity index (χ1) is 10.3. The summed E-state index contributed by atoms with van der Waals surface area (Å²) in [4.78, 5) is 10.8. The van der Waals surface area contributed by atoms with E-state index in [1.807, 2.05) is 17.4 Å². The van der Waals surface area contributed by atoms with Crippen molar-refractivity contribution >= 4 is 14.2 Å². The Hall–Kier alpha value is -1.34. The van der Waals surface area contributed by atoms with Gasteiger partial charge in [0.2, 0.25) is 0 Å². The second-order valence-corrected chi connectivity index (χ2v) is 11.9. The van der Waals surface area contributed by atoms with Crippen molar-refractivity contribution in [3.63, 3.8) is 0 Å². The van der Waals surface area contributed by atoms with Crippen LogP contribution in [0.1, 0.15) is 31.9 Å². The van der Waals surface area contributed by atoms with Gasteiger partial charge in [0, 0.05) is 6.54 Å². The summed E-state index contributed by atoms with van der Waals surface area (Å²) >= 11 is 0. The monoisotopic (exact) mass is 347 g/mol. The van der Waals surface area contributed by atoms with Crippen LogP contribution in [-0.2, 0) is 22.4 Å². The lowest BCUT2D eigenvalue weighted by Crippen LogP contribution is -2.40. The molecule has 0 fully saturated rings. The molecule has 7 heteroatoms. The van der Waals surface area contributed by atoms with Crippen molar-refractivity contribution < 1.29 is 22.4 Å². The van der Waals surface area contributed by atoms with Gasteiger partial charge in [0.25, 0.3) is 0 Å². The van der Waals surface area contributed by atoms with Crippen LogP contribution in [-0.4, -0.2) is 20.4 Å². The smallest absolute Gasteiger partial charge is 0.413 e. The van der Waals surface area contributed by atoms with Gasteiger partial charge in [-0.15, -0.1) is 0 Å². The summed E-state index contributed by atoms with van der Waals surface area (Å²) in [6.45, 7) is 11.1. The lowest BCUT2D eigenvalue weighted by atomic mass is 10.1. The van der Waals surface area contributed by atoms with E-state index in [1.54, 1.807) is 12.1 Å². The molecular weight excluding hydrogens is 323 g/mol. The molecule has 1 rings (SSSR count). The zero-order valence-corrected chi connectivity index (χ0v) is 15.2. The molecule has 23 heavy (non-hydrogen) atoms. The maximum absolute atomic E-state index is 12.1. The van der Waals surface area contributed by atoms with E-state index in [1.165, 1.54) is 0 Å². The number of carbonyl (C=O) groups excluding carboxylic acids is 1. The normalized spacial score (nSPS) is 13.0. The maximum atomic E-state index is 12.1. The average Bonchev–Trinajstić information content (AvgIpc) is 2.41. The Labute approximate surface area is 136 Å². The second-order valence-electron chi connectivity index (χ2n) is 7.05. The number of rotatable bonds is 5. The van der Waals surface area contributed by atoms with Gasteiger partial charge in [-0.3, -0.25) is 4.79 Å². The van der Waals surface area contributed by atoms with Crippen molar-refractivity contribution in [2.45, 2.75) is 58.2 Å². The number of hydrogen-bond acceptors (Lipinski definition) is 2. The van der Waals surface area contributed by atoms with Gasteiger partial charge in [-0.2, -0.15) is 13.2 Å². The molecule has 1 aromatic carbocycles. The quantitative estimate of drug-likeness (QED) is 0.803. The Balaban J connectivity index is 2.56. The van der Waals surface area contributed by atoms with Crippen molar-refractivity contribution in [1.29, 1.82) is 0 Å². The predicted octanol–water partition coefficient (Wildman–Crippen LogP) is 4.39. The van der Waals surface area contributed by atoms with Gasteiger partial charge < -0.3 is 9.74 Å². The minimum absolute atomic E-state index is 0.120. The van der Waals surface area contributed by atoms with Crippen LogP contribution in [0, 0.1) is 0 Å². The first-order valence-corrected chi connectivity index (χ1v) is 10.3. The third kappa shape index (κ3) is 5.99. The van der Waals surface area contributed by atoms with Crippen LogP contribution >= 0.6 is 0 Å². The molecule has 0 saturated carbocycles. The van der Waals surface area contributed by atoms with E-state index in [0.29, 0.717) is 12.2 Å². The zero-order chi connectivity index (χ0) is 17.9. The minimum atomic E-state index is -4.85. The Bertz CT molecular complexity index is 534. The van der Waals surface area contributed by atoms with E-state index < -0.39 is 20.4 Å². The summed E-state index contributed by atoms with van der Waals surface area (Å²) in [5, 5.41) is 1.97. The van der Waals surface area contributed by atoms with E-state index in [-0.39, 0.29) is 11.6 Å². The molecule has 0 bridgehead atoms. The van der Waals surface area contributed by atoms with Crippen LogP contribution in [0.15, 0.2) is 24.3 Å². The molecule has 3 nitrogen and oxygen atoms in total. The van der Waals surface area contributed by atoms with E-state index in [9.17, 15) is 18.0 Å². The SMILES string of the molecule is CC(C)(C)[Si](C)(C)OCc1ccc(CNC(=O)C(F)(F)F)cc1. The number of halogens is 3. The van der Waals surface area contributed by atoms with Gasteiger partial charge in [0.05, 0.1) is 6.61 Å². The molecule has 1 amide bonds. The van der Waals surface area contributed by atoms with E-state index in [0.717, 1.165) is 5.56 Å². The summed E-state index contributed by atoms with van der Waals surface area (Å²) in [7, 11) is -1.83. The highest BCUT2D eigenvalue weighted by Crippen LogP contribution is 2.37. The van der Waals surface area contributed by atoms with Gasteiger partial charge in [-0.05, 0) is 29.3 Å². The van der Waals surface area contributed by atoms with E-state index >= 15 is 0 Å². The van der Waals surface area contributed by atoms with Gasteiger partial charge in [0.15, 0.2) is 8.32 Å². The molecule has 0 unspecified atom stereocenters. The van der Waals surface area contributed by atoms with Gasteiger partial charge in [0.1, 0.15) is 0 Å². The number of benzene rings is 1. The topological polar surface area (TPSA) is 38.3 Å². The Morgan fingerprint density at radius 2 is 1.57 bits per heavy atom. The summed E-state index contributed by atoms with van der Waals surface area (Å²) in [6.07, 6.45) is -4.85. The standard InChI is InChI=1S/C16H24F3NO2Si/c1-15(2,3)23(4,5)22-11-13-8-6-12(7-9-13)10-20-14(21)16(17,18)19/h6-9H,10-11H2,1-5H3,(H,20,21). The lowest BCUT2D eigenvalue weighted by molar-refractivity contribution is -0.173. The van der Waals surface area contributed by atoms with Gasteiger partial charge >= 0.3 is 12.1 Å². The van der Waals surface area contributed by atoms with Crippen LogP contribution in [0.3, 0.4) is 0 Å². The van der Waals surface area contributed by atoms with Crippen LogP contribution in [0.4, 0.5) is 13.2 Å².